The number of anilines is 3. The van der Waals surface area contributed by atoms with Crippen molar-refractivity contribution in [1.29, 1.82) is 0 Å². The molecular weight excluding hydrogens is 672 g/mol. The highest BCUT2D eigenvalue weighted by Crippen LogP contribution is 2.50. The van der Waals surface area contributed by atoms with E-state index in [1.165, 1.54) is 5.39 Å². The van der Waals surface area contributed by atoms with Crippen LogP contribution in [-0.2, 0) is 6.18 Å². The Hall–Kier alpha value is -6.65. The minimum absolute atomic E-state index is 0.638. The smallest absolute Gasteiger partial charge is 0.310 e. The van der Waals surface area contributed by atoms with Crippen LogP contribution in [0.3, 0.4) is 0 Å². The molecule has 0 fully saturated rings. The number of nitrogens with zero attached hydrogens (tertiary/aromatic N) is 1. The molecule has 260 valence electrons. The van der Waals surface area contributed by atoms with Crippen LogP contribution in [0.1, 0.15) is 11.1 Å². The van der Waals surface area contributed by atoms with Crippen molar-refractivity contribution in [3.05, 3.63) is 199 Å². The van der Waals surface area contributed by atoms with Gasteiger partial charge < -0.3 is 4.90 Å². The van der Waals surface area contributed by atoms with Crippen LogP contribution < -0.4 is 4.90 Å². The molecule has 54 heavy (non-hydrogen) atoms. The maximum absolute atomic E-state index is 13.7. The summed E-state index contributed by atoms with van der Waals surface area (Å²) in [4.78, 5) is 2.03. The third kappa shape index (κ3) is 5.86. The van der Waals surface area contributed by atoms with Crippen LogP contribution in [-0.4, -0.2) is 0 Å². The normalized spacial score (nSPS) is 11.7. The van der Waals surface area contributed by atoms with Gasteiger partial charge in [-0.2, -0.15) is 13.2 Å². The van der Waals surface area contributed by atoms with E-state index >= 15 is 0 Å². The van der Waals surface area contributed by atoms with Gasteiger partial charge in [0, 0.05) is 17.1 Å². The van der Waals surface area contributed by atoms with Gasteiger partial charge in [-0.15, -0.1) is 0 Å². The fourth-order valence-corrected chi connectivity index (χ4v) is 7.82. The summed E-state index contributed by atoms with van der Waals surface area (Å²) in [6.45, 7) is 2.03. The second-order valence-corrected chi connectivity index (χ2v) is 13.7. The summed E-state index contributed by atoms with van der Waals surface area (Å²) in [6.07, 6.45) is -4.43. The predicted molar refractivity (Wildman–Crippen MR) is 220 cm³/mol. The topological polar surface area (TPSA) is 3.24 Å². The second kappa shape index (κ2) is 13.4. The highest BCUT2D eigenvalue weighted by molar-refractivity contribution is 6.33. The lowest BCUT2D eigenvalue weighted by Gasteiger charge is -2.27. The fourth-order valence-electron chi connectivity index (χ4n) is 7.82. The number of rotatable bonds is 6. The number of aryl methyl sites for hydroxylation is 1. The molecule has 0 N–H and O–H groups in total. The Morgan fingerprint density at radius 1 is 0.389 bits per heavy atom. The minimum Gasteiger partial charge on any atom is -0.310 e. The zero-order chi connectivity index (χ0) is 36.8. The van der Waals surface area contributed by atoms with Crippen molar-refractivity contribution in [3.63, 3.8) is 0 Å². The lowest BCUT2D eigenvalue weighted by atomic mass is 9.81. The first-order valence-corrected chi connectivity index (χ1v) is 18.0. The van der Waals surface area contributed by atoms with Gasteiger partial charge in [-0.25, -0.2) is 0 Å². The molecule has 0 bridgehead atoms. The minimum atomic E-state index is -4.43. The van der Waals surface area contributed by atoms with E-state index in [1.54, 1.807) is 12.1 Å². The third-order valence-corrected chi connectivity index (χ3v) is 10.3. The molecule has 0 unspecified atom stereocenters. The van der Waals surface area contributed by atoms with Gasteiger partial charge in [0.2, 0.25) is 0 Å². The lowest BCUT2D eigenvalue weighted by molar-refractivity contribution is -0.137. The zero-order valence-electron chi connectivity index (χ0n) is 29.5. The van der Waals surface area contributed by atoms with Gasteiger partial charge in [-0.3, -0.25) is 0 Å². The quantitative estimate of drug-likeness (QED) is 0.156. The maximum Gasteiger partial charge on any atom is 0.416 e. The molecule has 0 aromatic heterocycles. The summed E-state index contributed by atoms with van der Waals surface area (Å²) < 4.78 is 41.0. The van der Waals surface area contributed by atoms with Gasteiger partial charge in [-0.1, -0.05) is 139 Å². The third-order valence-electron chi connectivity index (χ3n) is 10.3. The summed E-state index contributed by atoms with van der Waals surface area (Å²) in [7, 11) is 0. The first-order chi connectivity index (χ1) is 26.3. The van der Waals surface area contributed by atoms with E-state index in [2.05, 4.69) is 121 Å². The van der Waals surface area contributed by atoms with Crippen molar-refractivity contribution in [1.82, 2.24) is 0 Å². The molecule has 0 aliphatic rings. The number of halogens is 3. The van der Waals surface area contributed by atoms with Crippen molar-refractivity contribution < 1.29 is 13.2 Å². The van der Waals surface area contributed by atoms with Crippen LogP contribution in [0.2, 0.25) is 0 Å². The molecule has 0 heterocycles. The van der Waals surface area contributed by atoms with Crippen molar-refractivity contribution in [3.8, 4) is 33.4 Å². The number of hydrogen-bond acceptors (Lipinski definition) is 1. The maximum atomic E-state index is 13.7. The van der Waals surface area contributed by atoms with Gasteiger partial charge >= 0.3 is 6.18 Å². The van der Waals surface area contributed by atoms with Crippen LogP contribution in [0.25, 0.3) is 65.7 Å². The SMILES string of the molecule is Cc1ccc(N(c2ccc(C(F)(F)F)cc2)c2ccc3c(c2)c2ccccc2c2c(-c4ccccc4)cc(-c4ccccc4)c(-c4ccccc4)c32)cc1. The van der Waals surface area contributed by atoms with Gasteiger partial charge in [-0.05, 0) is 127 Å². The Morgan fingerprint density at radius 2 is 0.870 bits per heavy atom. The number of hydrogen-bond donors (Lipinski definition) is 0. The molecule has 0 atom stereocenters. The van der Waals surface area contributed by atoms with Crippen molar-refractivity contribution in [2.24, 2.45) is 0 Å². The molecule has 0 saturated heterocycles. The van der Waals surface area contributed by atoms with Crippen LogP contribution in [0.5, 0.6) is 0 Å². The van der Waals surface area contributed by atoms with Crippen LogP contribution >= 0.6 is 0 Å². The first-order valence-electron chi connectivity index (χ1n) is 18.0. The van der Waals surface area contributed by atoms with Crippen molar-refractivity contribution in [2.75, 3.05) is 4.90 Å². The second-order valence-electron chi connectivity index (χ2n) is 13.7. The Balaban J connectivity index is 1.42. The summed E-state index contributed by atoms with van der Waals surface area (Å²) >= 11 is 0. The predicted octanol–water partition coefficient (Wildman–Crippen LogP) is 14.9. The Kier molecular flexibility index (Phi) is 8.24. The standard InChI is InChI=1S/C50H34F3N/c1-33-21-25-38(26-22-33)54(39-27-23-37(24-28-39)50(51,52)53)40-29-30-43-46(31-40)41-19-11-12-20-42(41)48-45(35-15-7-3-8-16-35)32-44(34-13-5-2-6-14-34)47(49(43)48)36-17-9-4-10-18-36/h2-32H,1H3. The molecule has 0 aliphatic heterocycles. The van der Waals surface area contributed by atoms with Gasteiger partial charge in [0.25, 0.3) is 0 Å². The van der Waals surface area contributed by atoms with E-state index in [1.807, 2.05) is 54.3 Å². The highest BCUT2D eigenvalue weighted by Gasteiger charge is 2.30. The molecule has 9 aromatic rings. The molecule has 0 amide bonds. The number of alkyl halides is 3. The zero-order valence-corrected chi connectivity index (χ0v) is 29.5. The fraction of sp³-hybridized carbons (Fsp3) is 0.0400. The molecule has 0 radical (unpaired) electrons. The van der Waals surface area contributed by atoms with Crippen molar-refractivity contribution >= 4 is 49.4 Å². The first kappa shape index (κ1) is 33.2. The summed E-state index contributed by atoms with van der Waals surface area (Å²) in [5.74, 6) is 0. The van der Waals surface area contributed by atoms with Crippen molar-refractivity contribution in [2.45, 2.75) is 13.1 Å². The average Bonchev–Trinajstić information content (AvgIpc) is 3.22. The van der Waals surface area contributed by atoms with Gasteiger partial charge in [0.05, 0.1) is 5.56 Å². The van der Waals surface area contributed by atoms with E-state index in [0.29, 0.717) is 5.69 Å². The molecule has 0 spiro atoms. The Morgan fingerprint density at radius 3 is 1.46 bits per heavy atom. The summed E-state index contributed by atoms with van der Waals surface area (Å²) in [6, 6.07) is 62.6. The van der Waals surface area contributed by atoms with Crippen LogP contribution in [0.15, 0.2) is 188 Å². The van der Waals surface area contributed by atoms with Crippen LogP contribution in [0.4, 0.5) is 30.2 Å². The lowest BCUT2D eigenvalue weighted by Crippen LogP contribution is -2.11. The van der Waals surface area contributed by atoms with Gasteiger partial charge in [0.15, 0.2) is 0 Å². The average molecular weight is 706 g/mol. The molecule has 0 saturated carbocycles. The van der Waals surface area contributed by atoms with Crippen LogP contribution in [0, 0.1) is 6.92 Å². The van der Waals surface area contributed by atoms with E-state index in [0.717, 1.165) is 89.4 Å². The number of fused-ring (bicyclic) bond motifs is 6. The molecule has 1 nitrogen and oxygen atoms in total. The van der Waals surface area contributed by atoms with E-state index in [4.69, 9.17) is 0 Å². The summed E-state index contributed by atoms with van der Waals surface area (Å²) in [5, 5.41) is 6.70. The number of benzene rings is 9. The molecule has 9 aromatic carbocycles. The highest BCUT2D eigenvalue weighted by atomic mass is 19.4. The Labute approximate surface area is 312 Å². The molecule has 4 heteroatoms. The van der Waals surface area contributed by atoms with E-state index in [-0.39, 0.29) is 0 Å². The van der Waals surface area contributed by atoms with E-state index in [9.17, 15) is 13.2 Å². The van der Waals surface area contributed by atoms with E-state index < -0.39 is 11.7 Å². The molecule has 0 aliphatic carbocycles. The van der Waals surface area contributed by atoms with Gasteiger partial charge in [0.1, 0.15) is 0 Å². The molecule has 9 rings (SSSR count). The largest absolute Gasteiger partial charge is 0.416 e. The Bertz CT molecular complexity index is 2770. The molecular formula is C50H34F3N. The monoisotopic (exact) mass is 705 g/mol. The summed E-state index contributed by atoms with van der Waals surface area (Å²) in [5.41, 5.74) is 9.57.